The van der Waals surface area contributed by atoms with Gasteiger partial charge in [-0.05, 0) is 25.5 Å². The maximum atomic E-state index is 11.7. The maximum absolute atomic E-state index is 11.7. The number of carbonyl (C=O) groups excluding carboxylic acids is 1. The number of aryl methyl sites for hydroxylation is 1. The standard InChI is InChI=1S/C13H16O3/c1-10-2-4-12(5-3-10)16-9-13(14)11-6-7-15-8-11/h2-5,11H,6-9H2,1H3. The molecule has 0 N–H and O–H groups in total. The average molecular weight is 220 g/mol. The van der Waals surface area contributed by atoms with E-state index in [1.54, 1.807) is 0 Å². The average Bonchev–Trinajstić information content (AvgIpc) is 2.81. The van der Waals surface area contributed by atoms with Gasteiger partial charge in [-0.1, -0.05) is 17.7 Å². The minimum atomic E-state index is 0.0328. The molecule has 16 heavy (non-hydrogen) atoms. The minimum Gasteiger partial charge on any atom is -0.486 e. The first-order valence-corrected chi connectivity index (χ1v) is 5.55. The number of benzene rings is 1. The monoisotopic (exact) mass is 220 g/mol. The van der Waals surface area contributed by atoms with E-state index < -0.39 is 0 Å². The summed E-state index contributed by atoms with van der Waals surface area (Å²) >= 11 is 0. The van der Waals surface area contributed by atoms with Gasteiger partial charge < -0.3 is 9.47 Å². The van der Waals surface area contributed by atoms with Gasteiger partial charge in [0.25, 0.3) is 0 Å². The van der Waals surface area contributed by atoms with Gasteiger partial charge in [-0.3, -0.25) is 4.79 Å². The van der Waals surface area contributed by atoms with Crippen molar-refractivity contribution in [1.29, 1.82) is 0 Å². The van der Waals surface area contributed by atoms with Crippen LogP contribution in [0.1, 0.15) is 12.0 Å². The smallest absolute Gasteiger partial charge is 0.175 e. The Balaban J connectivity index is 1.82. The predicted molar refractivity (Wildman–Crippen MR) is 60.6 cm³/mol. The summed E-state index contributed by atoms with van der Waals surface area (Å²) in [6.45, 7) is 3.42. The molecule has 1 aromatic rings. The Bertz CT molecular complexity index is 350. The summed E-state index contributed by atoms with van der Waals surface area (Å²) < 4.78 is 10.6. The highest BCUT2D eigenvalue weighted by Crippen LogP contribution is 2.15. The largest absolute Gasteiger partial charge is 0.486 e. The number of ketones is 1. The van der Waals surface area contributed by atoms with Crippen LogP contribution in [0.25, 0.3) is 0 Å². The third kappa shape index (κ3) is 2.83. The molecular formula is C13H16O3. The van der Waals surface area contributed by atoms with Gasteiger partial charge in [-0.15, -0.1) is 0 Å². The van der Waals surface area contributed by atoms with Crippen LogP contribution in [-0.4, -0.2) is 25.6 Å². The molecule has 0 spiro atoms. The molecule has 0 aliphatic carbocycles. The zero-order valence-corrected chi connectivity index (χ0v) is 9.44. The van der Waals surface area contributed by atoms with Crippen LogP contribution in [0.2, 0.25) is 0 Å². The van der Waals surface area contributed by atoms with Crippen LogP contribution in [-0.2, 0) is 9.53 Å². The lowest BCUT2D eigenvalue weighted by molar-refractivity contribution is -0.124. The van der Waals surface area contributed by atoms with Crippen LogP contribution >= 0.6 is 0 Å². The third-order valence-electron chi connectivity index (χ3n) is 2.79. The van der Waals surface area contributed by atoms with E-state index in [0.29, 0.717) is 13.2 Å². The summed E-state index contributed by atoms with van der Waals surface area (Å²) in [5, 5.41) is 0. The first kappa shape index (κ1) is 11.1. The Labute approximate surface area is 95.4 Å². The van der Waals surface area contributed by atoms with Gasteiger partial charge in [0.1, 0.15) is 12.4 Å². The lowest BCUT2D eigenvalue weighted by Gasteiger charge is -2.08. The van der Waals surface area contributed by atoms with Crippen molar-refractivity contribution < 1.29 is 14.3 Å². The van der Waals surface area contributed by atoms with Crippen LogP contribution in [0.4, 0.5) is 0 Å². The van der Waals surface area contributed by atoms with E-state index in [4.69, 9.17) is 9.47 Å². The fraction of sp³-hybridized carbons (Fsp3) is 0.462. The molecule has 1 saturated heterocycles. The second-order valence-corrected chi connectivity index (χ2v) is 4.13. The molecule has 1 atom stereocenters. The summed E-state index contributed by atoms with van der Waals surface area (Å²) in [5.74, 6) is 0.918. The SMILES string of the molecule is Cc1ccc(OCC(=O)C2CCOC2)cc1. The molecule has 0 saturated carbocycles. The van der Waals surface area contributed by atoms with E-state index >= 15 is 0 Å². The molecule has 1 aliphatic heterocycles. The van der Waals surface area contributed by atoms with Crippen molar-refractivity contribution in [2.75, 3.05) is 19.8 Å². The lowest BCUT2D eigenvalue weighted by Crippen LogP contribution is -2.21. The van der Waals surface area contributed by atoms with Crippen LogP contribution < -0.4 is 4.74 Å². The molecule has 1 aromatic carbocycles. The molecular weight excluding hydrogens is 204 g/mol. The van der Waals surface area contributed by atoms with Gasteiger partial charge in [0.05, 0.1) is 6.61 Å². The number of rotatable bonds is 4. The molecule has 0 aromatic heterocycles. The predicted octanol–water partition coefficient (Wildman–Crippen LogP) is 1.98. The third-order valence-corrected chi connectivity index (χ3v) is 2.79. The normalized spacial score (nSPS) is 19.7. The van der Waals surface area contributed by atoms with E-state index in [-0.39, 0.29) is 18.3 Å². The summed E-state index contributed by atoms with van der Waals surface area (Å²) in [5.41, 5.74) is 1.18. The Kier molecular flexibility index (Phi) is 3.57. The van der Waals surface area contributed by atoms with E-state index in [1.807, 2.05) is 31.2 Å². The molecule has 3 heteroatoms. The molecule has 0 bridgehead atoms. The van der Waals surface area contributed by atoms with Gasteiger partial charge >= 0.3 is 0 Å². The number of Topliss-reactive ketones (excluding diaryl/α,β-unsaturated/α-hetero) is 1. The summed E-state index contributed by atoms with van der Waals surface area (Å²) in [6, 6.07) is 7.71. The molecule has 1 heterocycles. The van der Waals surface area contributed by atoms with Crippen molar-refractivity contribution in [1.82, 2.24) is 0 Å². The molecule has 3 nitrogen and oxygen atoms in total. The van der Waals surface area contributed by atoms with Crippen molar-refractivity contribution in [3.8, 4) is 5.75 Å². The van der Waals surface area contributed by atoms with Crippen molar-refractivity contribution in [2.45, 2.75) is 13.3 Å². The maximum Gasteiger partial charge on any atom is 0.175 e. The number of hydrogen-bond donors (Lipinski definition) is 0. The fourth-order valence-electron chi connectivity index (χ4n) is 1.70. The van der Waals surface area contributed by atoms with E-state index in [1.165, 1.54) is 5.56 Å². The van der Waals surface area contributed by atoms with Gasteiger partial charge in [0.2, 0.25) is 0 Å². The fourth-order valence-corrected chi connectivity index (χ4v) is 1.70. The van der Waals surface area contributed by atoms with E-state index in [9.17, 15) is 4.79 Å². The number of ether oxygens (including phenoxy) is 2. The zero-order valence-electron chi connectivity index (χ0n) is 9.44. The zero-order chi connectivity index (χ0) is 11.4. The first-order chi connectivity index (χ1) is 7.75. The summed E-state index contributed by atoms with van der Waals surface area (Å²) in [6.07, 6.45) is 0.829. The molecule has 2 rings (SSSR count). The molecule has 1 aliphatic rings. The molecule has 0 amide bonds. The van der Waals surface area contributed by atoms with Gasteiger partial charge in [0, 0.05) is 12.5 Å². The van der Waals surface area contributed by atoms with Crippen molar-refractivity contribution >= 4 is 5.78 Å². The van der Waals surface area contributed by atoms with Crippen LogP contribution in [0.3, 0.4) is 0 Å². The summed E-state index contributed by atoms with van der Waals surface area (Å²) in [7, 11) is 0. The van der Waals surface area contributed by atoms with Crippen molar-refractivity contribution in [3.05, 3.63) is 29.8 Å². The second kappa shape index (κ2) is 5.12. The van der Waals surface area contributed by atoms with Crippen LogP contribution in [0.5, 0.6) is 5.75 Å². The van der Waals surface area contributed by atoms with Crippen molar-refractivity contribution in [2.24, 2.45) is 5.92 Å². The highest BCUT2D eigenvalue weighted by atomic mass is 16.5. The molecule has 0 radical (unpaired) electrons. The van der Waals surface area contributed by atoms with E-state index in [2.05, 4.69) is 0 Å². The first-order valence-electron chi connectivity index (χ1n) is 5.55. The van der Waals surface area contributed by atoms with Crippen LogP contribution in [0.15, 0.2) is 24.3 Å². The quantitative estimate of drug-likeness (QED) is 0.778. The van der Waals surface area contributed by atoms with Crippen LogP contribution in [0, 0.1) is 12.8 Å². The van der Waals surface area contributed by atoms with E-state index in [0.717, 1.165) is 12.2 Å². The van der Waals surface area contributed by atoms with Gasteiger partial charge in [-0.2, -0.15) is 0 Å². The van der Waals surface area contributed by atoms with Gasteiger partial charge in [-0.25, -0.2) is 0 Å². The Hall–Kier alpha value is -1.35. The minimum absolute atomic E-state index is 0.0328. The Morgan fingerprint density at radius 2 is 2.19 bits per heavy atom. The number of hydrogen-bond acceptors (Lipinski definition) is 3. The van der Waals surface area contributed by atoms with Gasteiger partial charge in [0.15, 0.2) is 5.78 Å². The van der Waals surface area contributed by atoms with Crippen molar-refractivity contribution in [3.63, 3.8) is 0 Å². The number of carbonyl (C=O) groups is 1. The second-order valence-electron chi connectivity index (χ2n) is 4.13. The lowest BCUT2D eigenvalue weighted by atomic mass is 10.0. The summed E-state index contributed by atoms with van der Waals surface area (Å²) in [4.78, 5) is 11.7. The molecule has 86 valence electrons. The molecule has 1 fully saturated rings. The molecule has 1 unspecified atom stereocenters. The highest BCUT2D eigenvalue weighted by molar-refractivity contribution is 5.82. The Morgan fingerprint density at radius 3 is 2.81 bits per heavy atom. The Morgan fingerprint density at radius 1 is 1.44 bits per heavy atom. The highest BCUT2D eigenvalue weighted by Gasteiger charge is 2.23. The topological polar surface area (TPSA) is 35.5 Å².